The summed E-state index contributed by atoms with van der Waals surface area (Å²) in [5.74, 6) is -0.488. The Morgan fingerprint density at radius 1 is 1.21 bits per heavy atom. The second-order valence-corrected chi connectivity index (χ2v) is 4.39. The van der Waals surface area contributed by atoms with Crippen molar-refractivity contribution in [3.8, 4) is 0 Å². The van der Waals surface area contributed by atoms with E-state index in [9.17, 15) is 4.79 Å². The zero-order valence-electron chi connectivity index (χ0n) is 9.33. The largest absolute Gasteiger partial charge is 0.456 e. The van der Waals surface area contributed by atoms with Crippen LogP contribution < -0.4 is 0 Å². The van der Waals surface area contributed by atoms with Crippen LogP contribution in [0.4, 0.5) is 0 Å². The van der Waals surface area contributed by atoms with Gasteiger partial charge in [-0.25, -0.2) is 0 Å². The van der Waals surface area contributed by atoms with Crippen LogP contribution in [-0.2, 0) is 9.53 Å². The lowest BCUT2D eigenvalue weighted by atomic mass is 9.94. The van der Waals surface area contributed by atoms with Gasteiger partial charge in [-0.15, -0.1) is 0 Å². The third kappa shape index (κ3) is 3.27. The molecule has 0 fully saturated rings. The van der Waals surface area contributed by atoms with Gasteiger partial charge in [-0.1, -0.05) is 6.92 Å². The van der Waals surface area contributed by atoms with Gasteiger partial charge in [0.1, 0.15) is 5.60 Å². The van der Waals surface area contributed by atoms with Crippen LogP contribution in [0.2, 0.25) is 0 Å². The zero-order chi connectivity index (χ0) is 11.4. The Labute approximate surface area is 84.9 Å². The third-order valence-electron chi connectivity index (χ3n) is 2.37. The molecule has 1 unspecified atom stereocenters. The van der Waals surface area contributed by atoms with Crippen LogP contribution in [0.25, 0.3) is 0 Å². The molecule has 2 N–H and O–H groups in total. The SMILES string of the molecule is CCC(C)(CO)OC(=O)C(C)(C)CO. The maximum absolute atomic E-state index is 11.5. The van der Waals surface area contributed by atoms with Crippen LogP contribution in [0.15, 0.2) is 0 Å². The predicted molar refractivity (Wildman–Crippen MR) is 52.7 cm³/mol. The number of aliphatic hydroxyl groups excluding tert-OH is 2. The molecule has 0 amide bonds. The summed E-state index contributed by atoms with van der Waals surface area (Å²) >= 11 is 0. The second-order valence-electron chi connectivity index (χ2n) is 4.39. The van der Waals surface area contributed by atoms with Crippen LogP contribution in [-0.4, -0.2) is 35.0 Å². The summed E-state index contributed by atoms with van der Waals surface area (Å²) in [6, 6.07) is 0. The average Bonchev–Trinajstić information content (AvgIpc) is 2.17. The van der Waals surface area contributed by atoms with Gasteiger partial charge in [-0.2, -0.15) is 0 Å². The maximum Gasteiger partial charge on any atom is 0.314 e. The Morgan fingerprint density at radius 3 is 2.00 bits per heavy atom. The number of aliphatic hydroxyl groups is 2. The minimum absolute atomic E-state index is 0.212. The van der Waals surface area contributed by atoms with Gasteiger partial charge in [0.15, 0.2) is 0 Å². The van der Waals surface area contributed by atoms with Crippen LogP contribution >= 0.6 is 0 Å². The molecule has 4 heteroatoms. The Balaban J connectivity index is 4.45. The van der Waals surface area contributed by atoms with Crippen LogP contribution in [0.3, 0.4) is 0 Å². The first kappa shape index (κ1) is 13.4. The van der Waals surface area contributed by atoms with Crippen molar-refractivity contribution < 1.29 is 19.7 Å². The lowest BCUT2D eigenvalue weighted by Crippen LogP contribution is -2.41. The van der Waals surface area contributed by atoms with E-state index in [4.69, 9.17) is 14.9 Å². The summed E-state index contributed by atoms with van der Waals surface area (Å²) in [5, 5.41) is 18.0. The minimum Gasteiger partial charge on any atom is -0.456 e. The molecule has 0 aromatic rings. The number of hydrogen-bond donors (Lipinski definition) is 2. The molecule has 0 spiro atoms. The predicted octanol–water partition coefficient (Wildman–Crippen LogP) is 0.709. The topological polar surface area (TPSA) is 66.8 Å². The summed E-state index contributed by atoms with van der Waals surface area (Å²) in [4.78, 5) is 11.5. The number of esters is 1. The Bertz CT molecular complexity index is 194. The summed E-state index contributed by atoms with van der Waals surface area (Å²) in [5.41, 5.74) is -1.75. The van der Waals surface area contributed by atoms with E-state index < -0.39 is 17.0 Å². The smallest absolute Gasteiger partial charge is 0.314 e. The highest BCUT2D eigenvalue weighted by atomic mass is 16.6. The molecular formula is C10H20O4. The average molecular weight is 204 g/mol. The summed E-state index contributed by atoms with van der Waals surface area (Å²) in [6.07, 6.45) is 0.538. The van der Waals surface area contributed by atoms with Crippen molar-refractivity contribution in [1.82, 2.24) is 0 Å². The van der Waals surface area contributed by atoms with Gasteiger partial charge >= 0.3 is 5.97 Å². The van der Waals surface area contributed by atoms with Gasteiger partial charge in [-0.3, -0.25) is 4.79 Å². The summed E-state index contributed by atoms with van der Waals surface area (Å²) in [6.45, 7) is 6.22. The number of carbonyl (C=O) groups is 1. The van der Waals surface area contributed by atoms with Crippen molar-refractivity contribution in [2.45, 2.75) is 39.7 Å². The van der Waals surface area contributed by atoms with E-state index >= 15 is 0 Å². The van der Waals surface area contributed by atoms with Crippen LogP contribution in [0.1, 0.15) is 34.1 Å². The van der Waals surface area contributed by atoms with Gasteiger partial charge in [0.25, 0.3) is 0 Å². The molecule has 0 aliphatic rings. The van der Waals surface area contributed by atoms with Crippen LogP contribution in [0.5, 0.6) is 0 Å². The van der Waals surface area contributed by atoms with E-state index in [2.05, 4.69) is 0 Å². The fourth-order valence-corrected chi connectivity index (χ4v) is 0.643. The van der Waals surface area contributed by atoms with E-state index in [-0.39, 0.29) is 13.2 Å². The molecule has 84 valence electrons. The lowest BCUT2D eigenvalue weighted by molar-refractivity contribution is -0.175. The standard InChI is InChI=1S/C10H20O4/c1-5-10(4,7-12)14-8(13)9(2,3)6-11/h11-12H,5-7H2,1-4H3. The molecule has 0 saturated heterocycles. The fraction of sp³-hybridized carbons (Fsp3) is 0.900. The Morgan fingerprint density at radius 2 is 1.71 bits per heavy atom. The van der Waals surface area contributed by atoms with Crippen molar-refractivity contribution in [1.29, 1.82) is 0 Å². The molecule has 0 heterocycles. The number of hydrogen-bond acceptors (Lipinski definition) is 4. The Kier molecular flexibility index (Phi) is 4.55. The molecule has 4 nitrogen and oxygen atoms in total. The fourth-order valence-electron chi connectivity index (χ4n) is 0.643. The highest BCUT2D eigenvalue weighted by Crippen LogP contribution is 2.22. The molecule has 0 aliphatic carbocycles. The van der Waals surface area contributed by atoms with Crippen LogP contribution in [0, 0.1) is 5.41 Å². The quantitative estimate of drug-likeness (QED) is 0.647. The molecule has 0 radical (unpaired) electrons. The van der Waals surface area contributed by atoms with E-state index in [1.165, 1.54) is 0 Å². The van der Waals surface area contributed by atoms with Gasteiger partial charge < -0.3 is 14.9 Å². The van der Waals surface area contributed by atoms with E-state index in [0.717, 1.165) is 0 Å². The molecule has 0 aromatic carbocycles. The number of rotatable bonds is 5. The van der Waals surface area contributed by atoms with Crippen molar-refractivity contribution in [2.75, 3.05) is 13.2 Å². The highest BCUT2D eigenvalue weighted by Gasteiger charge is 2.34. The molecular weight excluding hydrogens is 184 g/mol. The molecule has 1 atom stereocenters. The lowest BCUT2D eigenvalue weighted by Gasteiger charge is -2.30. The summed E-state index contributed by atoms with van der Waals surface area (Å²) in [7, 11) is 0. The first-order chi connectivity index (χ1) is 6.31. The molecule has 0 aromatic heterocycles. The molecule has 0 aliphatic heterocycles. The zero-order valence-corrected chi connectivity index (χ0v) is 9.33. The molecule has 14 heavy (non-hydrogen) atoms. The van der Waals surface area contributed by atoms with Gasteiger partial charge in [0.05, 0.1) is 18.6 Å². The number of carbonyl (C=O) groups excluding carboxylic acids is 1. The van der Waals surface area contributed by atoms with Gasteiger partial charge in [-0.05, 0) is 27.2 Å². The normalized spacial score (nSPS) is 16.1. The van der Waals surface area contributed by atoms with E-state index in [0.29, 0.717) is 6.42 Å². The summed E-state index contributed by atoms with van der Waals surface area (Å²) < 4.78 is 5.14. The van der Waals surface area contributed by atoms with Crippen molar-refractivity contribution in [3.05, 3.63) is 0 Å². The first-order valence-corrected chi connectivity index (χ1v) is 4.76. The van der Waals surface area contributed by atoms with Crippen molar-refractivity contribution >= 4 is 5.97 Å². The van der Waals surface area contributed by atoms with Gasteiger partial charge in [0.2, 0.25) is 0 Å². The number of ether oxygens (including phenoxy) is 1. The highest BCUT2D eigenvalue weighted by molar-refractivity contribution is 5.76. The molecule has 0 rings (SSSR count). The van der Waals surface area contributed by atoms with E-state index in [1.807, 2.05) is 6.92 Å². The Hall–Kier alpha value is -0.610. The molecule has 0 bridgehead atoms. The minimum atomic E-state index is -0.911. The first-order valence-electron chi connectivity index (χ1n) is 4.76. The van der Waals surface area contributed by atoms with E-state index in [1.54, 1.807) is 20.8 Å². The third-order valence-corrected chi connectivity index (χ3v) is 2.37. The molecule has 0 saturated carbocycles. The monoisotopic (exact) mass is 204 g/mol. The second kappa shape index (κ2) is 4.75. The maximum atomic E-state index is 11.5. The van der Waals surface area contributed by atoms with Crippen molar-refractivity contribution in [2.24, 2.45) is 5.41 Å². The van der Waals surface area contributed by atoms with Crippen molar-refractivity contribution in [3.63, 3.8) is 0 Å². The van der Waals surface area contributed by atoms with Gasteiger partial charge in [0, 0.05) is 0 Å².